The number of nitrogens with one attached hydrogen (secondary N) is 1. The molecular formula is C20H25N5O3. The van der Waals surface area contributed by atoms with Crippen LogP contribution in [-0.2, 0) is 6.54 Å². The van der Waals surface area contributed by atoms with Gasteiger partial charge in [-0.1, -0.05) is 12.8 Å². The van der Waals surface area contributed by atoms with Crippen LogP contribution >= 0.6 is 0 Å². The van der Waals surface area contributed by atoms with E-state index in [0.717, 1.165) is 16.7 Å². The van der Waals surface area contributed by atoms with E-state index in [1.54, 1.807) is 27.5 Å². The molecule has 0 radical (unpaired) electrons. The zero-order valence-corrected chi connectivity index (χ0v) is 16.4. The highest BCUT2D eigenvalue weighted by Gasteiger charge is 2.20. The fourth-order valence-electron chi connectivity index (χ4n) is 3.78. The predicted molar refractivity (Wildman–Crippen MR) is 106 cm³/mol. The Morgan fingerprint density at radius 3 is 2.39 bits per heavy atom. The Kier molecular flexibility index (Phi) is 5.18. The first-order chi connectivity index (χ1) is 13.7. The van der Waals surface area contributed by atoms with Gasteiger partial charge in [0, 0.05) is 12.6 Å². The summed E-state index contributed by atoms with van der Waals surface area (Å²) in [7, 11) is 4.81. The van der Waals surface area contributed by atoms with Crippen molar-refractivity contribution in [2.75, 3.05) is 26.6 Å². The molecular weight excluding hydrogens is 358 g/mol. The Labute approximate surface area is 163 Å². The van der Waals surface area contributed by atoms with Gasteiger partial charge in [-0.2, -0.15) is 4.98 Å². The highest BCUT2D eigenvalue weighted by Crippen LogP contribution is 2.38. The van der Waals surface area contributed by atoms with Gasteiger partial charge in [0.25, 0.3) is 0 Å². The number of hydrogen-bond donors (Lipinski definition) is 1. The highest BCUT2D eigenvalue weighted by atomic mass is 16.5. The number of hydrogen-bond acceptors (Lipinski definition) is 7. The van der Waals surface area contributed by atoms with Crippen LogP contribution in [0, 0.1) is 0 Å². The summed E-state index contributed by atoms with van der Waals surface area (Å²) >= 11 is 0. The number of ether oxygens (including phenoxy) is 3. The topological polar surface area (TPSA) is 83.3 Å². The molecule has 0 aliphatic heterocycles. The molecule has 8 heteroatoms. The quantitative estimate of drug-likeness (QED) is 0.667. The van der Waals surface area contributed by atoms with Gasteiger partial charge in [0.05, 0.1) is 33.9 Å². The monoisotopic (exact) mass is 383 g/mol. The lowest BCUT2D eigenvalue weighted by Crippen LogP contribution is -2.07. The Morgan fingerprint density at radius 1 is 1.04 bits per heavy atom. The third-order valence-corrected chi connectivity index (χ3v) is 5.21. The second-order valence-corrected chi connectivity index (χ2v) is 6.88. The molecule has 1 aromatic carbocycles. The summed E-state index contributed by atoms with van der Waals surface area (Å²) in [6.07, 6.45) is 8.56. The summed E-state index contributed by atoms with van der Waals surface area (Å²) in [5.41, 5.74) is 2.68. The molecule has 1 aliphatic rings. The van der Waals surface area contributed by atoms with E-state index in [2.05, 4.69) is 19.9 Å². The third kappa shape index (κ3) is 3.42. The average molecular weight is 383 g/mol. The third-order valence-electron chi connectivity index (χ3n) is 5.21. The predicted octanol–water partition coefficient (Wildman–Crippen LogP) is 3.58. The van der Waals surface area contributed by atoms with E-state index in [4.69, 9.17) is 19.2 Å². The van der Waals surface area contributed by atoms with Crippen molar-refractivity contribution in [3.05, 3.63) is 30.2 Å². The van der Waals surface area contributed by atoms with Crippen molar-refractivity contribution in [2.45, 2.75) is 38.3 Å². The normalized spacial score (nSPS) is 14.4. The molecule has 1 aliphatic carbocycles. The average Bonchev–Trinajstić information content (AvgIpc) is 3.40. The first-order valence-electron chi connectivity index (χ1n) is 9.45. The molecule has 0 spiro atoms. The number of imidazole rings is 1. The van der Waals surface area contributed by atoms with Crippen LogP contribution in [0.5, 0.6) is 17.2 Å². The number of benzene rings is 1. The van der Waals surface area contributed by atoms with Crippen molar-refractivity contribution in [3.8, 4) is 17.2 Å². The molecule has 3 aromatic rings. The minimum Gasteiger partial charge on any atom is -0.493 e. The smallest absolute Gasteiger partial charge is 0.225 e. The molecule has 2 aromatic heterocycles. The molecule has 0 amide bonds. The van der Waals surface area contributed by atoms with Gasteiger partial charge in [0.1, 0.15) is 5.52 Å². The molecule has 1 fully saturated rings. The molecule has 8 nitrogen and oxygen atoms in total. The molecule has 0 unspecified atom stereocenters. The van der Waals surface area contributed by atoms with Gasteiger partial charge in [0.15, 0.2) is 17.1 Å². The van der Waals surface area contributed by atoms with Gasteiger partial charge >= 0.3 is 0 Å². The Morgan fingerprint density at radius 2 is 1.75 bits per heavy atom. The fourth-order valence-corrected chi connectivity index (χ4v) is 3.78. The first-order valence-corrected chi connectivity index (χ1v) is 9.45. The lowest BCUT2D eigenvalue weighted by molar-refractivity contribution is 0.324. The molecule has 0 atom stereocenters. The summed E-state index contributed by atoms with van der Waals surface area (Å²) in [5, 5.41) is 3.29. The van der Waals surface area contributed by atoms with Gasteiger partial charge in [-0.3, -0.25) is 0 Å². The number of fused-ring (bicyclic) bond motifs is 1. The van der Waals surface area contributed by atoms with E-state index >= 15 is 0 Å². The van der Waals surface area contributed by atoms with E-state index in [0.29, 0.717) is 35.8 Å². The number of rotatable bonds is 7. The minimum absolute atomic E-state index is 0.489. The number of anilines is 1. The summed E-state index contributed by atoms with van der Waals surface area (Å²) in [6.45, 7) is 0.528. The largest absolute Gasteiger partial charge is 0.493 e. The van der Waals surface area contributed by atoms with Crippen LogP contribution in [0.2, 0.25) is 0 Å². The van der Waals surface area contributed by atoms with Crippen molar-refractivity contribution in [1.29, 1.82) is 0 Å². The summed E-state index contributed by atoms with van der Waals surface area (Å²) in [4.78, 5) is 13.6. The van der Waals surface area contributed by atoms with Gasteiger partial charge in [-0.15, -0.1) is 0 Å². The van der Waals surface area contributed by atoms with Gasteiger partial charge < -0.3 is 24.1 Å². The Hall–Kier alpha value is -3.03. The van der Waals surface area contributed by atoms with E-state index in [-0.39, 0.29) is 0 Å². The molecule has 148 valence electrons. The number of nitrogens with zero attached hydrogens (tertiary/aromatic N) is 4. The maximum atomic E-state index is 5.42. The number of aromatic nitrogens is 4. The van der Waals surface area contributed by atoms with Gasteiger partial charge in [-0.05, 0) is 30.5 Å². The molecule has 1 N–H and O–H groups in total. The van der Waals surface area contributed by atoms with E-state index in [1.165, 1.54) is 25.7 Å². The SMILES string of the molecule is COc1cc(CNc2ncc3ncn(C4CCCC4)c3n2)cc(OC)c1OC. The molecule has 1 saturated carbocycles. The fraction of sp³-hybridized carbons (Fsp3) is 0.450. The van der Waals surface area contributed by atoms with Gasteiger partial charge in [-0.25, -0.2) is 9.97 Å². The van der Waals surface area contributed by atoms with Crippen LogP contribution in [0.25, 0.3) is 11.2 Å². The van der Waals surface area contributed by atoms with E-state index in [1.807, 2.05) is 18.5 Å². The molecule has 28 heavy (non-hydrogen) atoms. The standard InChI is InChI=1S/C20H25N5O3/c1-26-16-8-13(9-17(27-2)18(16)28-3)10-21-20-22-11-15-19(24-20)25(12-23-15)14-6-4-5-7-14/h8-9,11-12,14H,4-7,10H2,1-3H3,(H,21,22,24). The zero-order valence-electron chi connectivity index (χ0n) is 16.4. The zero-order chi connectivity index (χ0) is 19.5. The second-order valence-electron chi connectivity index (χ2n) is 6.88. The molecule has 4 rings (SSSR count). The summed E-state index contributed by atoms with van der Waals surface area (Å²) in [6, 6.07) is 4.31. The Bertz CT molecular complexity index is 941. The van der Waals surface area contributed by atoms with Gasteiger partial charge in [0.2, 0.25) is 11.7 Å². The van der Waals surface area contributed by atoms with Crippen LogP contribution in [0.1, 0.15) is 37.3 Å². The minimum atomic E-state index is 0.489. The van der Waals surface area contributed by atoms with Crippen LogP contribution in [-0.4, -0.2) is 40.8 Å². The van der Waals surface area contributed by atoms with Crippen molar-refractivity contribution in [2.24, 2.45) is 0 Å². The maximum Gasteiger partial charge on any atom is 0.225 e. The van der Waals surface area contributed by atoms with Crippen LogP contribution in [0.4, 0.5) is 5.95 Å². The van der Waals surface area contributed by atoms with Crippen molar-refractivity contribution < 1.29 is 14.2 Å². The molecule has 0 saturated heterocycles. The maximum absolute atomic E-state index is 5.42. The van der Waals surface area contributed by atoms with E-state index in [9.17, 15) is 0 Å². The molecule has 2 heterocycles. The number of methoxy groups -OCH3 is 3. The second kappa shape index (κ2) is 7.92. The van der Waals surface area contributed by atoms with Crippen LogP contribution < -0.4 is 19.5 Å². The lowest BCUT2D eigenvalue weighted by Gasteiger charge is -2.14. The van der Waals surface area contributed by atoms with Crippen LogP contribution in [0.15, 0.2) is 24.7 Å². The van der Waals surface area contributed by atoms with Crippen molar-refractivity contribution in [3.63, 3.8) is 0 Å². The highest BCUT2D eigenvalue weighted by molar-refractivity contribution is 5.71. The van der Waals surface area contributed by atoms with Crippen molar-refractivity contribution in [1.82, 2.24) is 19.5 Å². The van der Waals surface area contributed by atoms with Crippen molar-refractivity contribution >= 4 is 17.1 Å². The lowest BCUT2D eigenvalue weighted by atomic mass is 10.2. The van der Waals surface area contributed by atoms with E-state index < -0.39 is 0 Å². The Balaban J connectivity index is 1.56. The summed E-state index contributed by atoms with van der Waals surface area (Å²) < 4.78 is 18.4. The summed E-state index contributed by atoms with van der Waals surface area (Å²) in [5.74, 6) is 2.39. The van der Waals surface area contributed by atoms with Crippen LogP contribution in [0.3, 0.4) is 0 Å². The first kappa shape index (κ1) is 18.3. The molecule has 0 bridgehead atoms.